The van der Waals surface area contributed by atoms with Crippen molar-refractivity contribution in [1.29, 1.82) is 0 Å². The number of hydrogen-bond acceptors (Lipinski definition) is 5. The van der Waals surface area contributed by atoms with Crippen molar-refractivity contribution >= 4 is 10.0 Å². The minimum Gasteiger partial charge on any atom is -0.447 e. The lowest BCUT2D eigenvalue weighted by Gasteiger charge is -2.06. The highest BCUT2D eigenvalue weighted by Crippen LogP contribution is 2.14. The Kier molecular flexibility index (Phi) is 5.11. The van der Waals surface area contributed by atoms with Gasteiger partial charge in [-0.1, -0.05) is 13.8 Å². The number of rotatable bonds is 7. The molecule has 0 unspecified atom stereocenters. The van der Waals surface area contributed by atoms with Gasteiger partial charge in [-0.15, -0.1) is 0 Å². The molecule has 0 atom stereocenters. The van der Waals surface area contributed by atoms with E-state index in [9.17, 15) is 8.42 Å². The molecule has 21 heavy (non-hydrogen) atoms. The molecule has 2 rings (SSSR count). The first kappa shape index (κ1) is 15.7. The van der Waals surface area contributed by atoms with E-state index in [-0.39, 0.29) is 11.6 Å². The third-order valence-corrected chi connectivity index (χ3v) is 4.08. The number of nitrogens with zero attached hydrogens (tertiary/aromatic N) is 1. The van der Waals surface area contributed by atoms with Gasteiger partial charge in [-0.05, 0) is 29.8 Å². The van der Waals surface area contributed by atoms with E-state index in [1.807, 2.05) is 13.8 Å². The number of hydrogen-bond donors (Lipinski definition) is 2. The van der Waals surface area contributed by atoms with Crippen molar-refractivity contribution in [3.05, 3.63) is 48.0 Å². The zero-order chi connectivity index (χ0) is 15.3. The molecule has 2 heterocycles. The van der Waals surface area contributed by atoms with Crippen LogP contribution in [-0.2, 0) is 23.1 Å². The van der Waals surface area contributed by atoms with Crippen LogP contribution < -0.4 is 10.0 Å². The second-order valence-electron chi connectivity index (χ2n) is 4.94. The lowest BCUT2D eigenvalue weighted by atomic mass is 10.3. The third-order valence-electron chi connectivity index (χ3n) is 2.80. The monoisotopic (exact) mass is 309 g/mol. The number of nitrogens with one attached hydrogen (secondary N) is 2. The van der Waals surface area contributed by atoms with Crippen molar-refractivity contribution < 1.29 is 12.8 Å². The summed E-state index contributed by atoms with van der Waals surface area (Å²) in [4.78, 5) is 3.88. The van der Waals surface area contributed by atoms with Gasteiger partial charge in [0.1, 0.15) is 5.76 Å². The summed E-state index contributed by atoms with van der Waals surface area (Å²) in [5, 5.41) is 3.10. The van der Waals surface area contributed by atoms with Crippen molar-refractivity contribution in [1.82, 2.24) is 15.0 Å². The summed E-state index contributed by atoms with van der Waals surface area (Å²) >= 11 is 0. The molecular weight excluding hydrogens is 290 g/mol. The molecule has 2 N–H and O–H groups in total. The van der Waals surface area contributed by atoms with Crippen LogP contribution in [-0.4, -0.2) is 19.4 Å². The summed E-state index contributed by atoms with van der Waals surface area (Å²) < 4.78 is 32.1. The van der Waals surface area contributed by atoms with Gasteiger partial charge in [0, 0.05) is 25.0 Å². The first-order valence-electron chi connectivity index (χ1n) is 6.68. The predicted octanol–water partition coefficient (Wildman–Crippen LogP) is 1.65. The SMILES string of the molecule is CC(C)NCc1ccc(S(=O)(=O)NCc2ccncc2)o1. The summed E-state index contributed by atoms with van der Waals surface area (Å²) in [6.07, 6.45) is 3.23. The Balaban J connectivity index is 1.99. The Labute approximate surface area is 124 Å². The fraction of sp³-hybridized carbons (Fsp3) is 0.357. The summed E-state index contributed by atoms with van der Waals surface area (Å²) in [6.45, 7) is 4.72. The minimum atomic E-state index is -3.64. The Morgan fingerprint density at radius 1 is 1.14 bits per heavy atom. The molecule has 0 aliphatic carbocycles. The van der Waals surface area contributed by atoms with Gasteiger partial charge in [0.15, 0.2) is 0 Å². The van der Waals surface area contributed by atoms with Gasteiger partial charge in [0.2, 0.25) is 5.09 Å². The van der Waals surface area contributed by atoms with Crippen LogP contribution in [0.5, 0.6) is 0 Å². The zero-order valence-electron chi connectivity index (χ0n) is 12.0. The Morgan fingerprint density at radius 3 is 2.52 bits per heavy atom. The van der Waals surface area contributed by atoms with Crippen LogP contribution in [0.2, 0.25) is 0 Å². The molecule has 0 aliphatic rings. The van der Waals surface area contributed by atoms with E-state index >= 15 is 0 Å². The summed E-state index contributed by atoms with van der Waals surface area (Å²) in [5.74, 6) is 0.591. The van der Waals surface area contributed by atoms with E-state index in [2.05, 4.69) is 15.0 Å². The maximum Gasteiger partial charge on any atom is 0.274 e. The zero-order valence-corrected chi connectivity index (χ0v) is 12.9. The summed E-state index contributed by atoms with van der Waals surface area (Å²) in [7, 11) is -3.64. The van der Waals surface area contributed by atoms with Crippen LogP contribution in [0.3, 0.4) is 0 Å². The molecule has 0 spiro atoms. The molecule has 2 aromatic heterocycles. The van der Waals surface area contributed by atoms with Gasteiger partial charge < -0.3 is 9.73 Å². The Morgan fingerprint density at radius 2 is 1.86 bits per heavy atom. The first-order valence-corrected chi connectivity index (χ1v) is 8.16. The highest BCUT2D eigenvalue weighted by Gasteiger charge is 2.18. The van der Waals surface area contributed by atoms with Gasteiger partial charge in [0.25, 0.3) is 10.0 Å². The van der Waals surface area contributed by atoms with Crippen LogP contribution in [0.4, 0.5) is 0 Å². The lowest BCUT2D eigenvalue weighted by molar-refractivity contribution is 0.393. The minimum absolute atomic E-state index is 0.0721. The van der Waals surface area contributed by atoms with Crippen molar-refractivity contribution in [2.24, 2.45) is 0 Å². The van der Waals surface area contributed by atoms with Crippen LogP contribution in [0, 0.1) is 0 Å². The fourth-order valence-corrected chi connectivity index (χ4v) is 2.62. The van der Waals surface area contributed by atoms with Crippen LogP contribution in [0.15, 0.2) is 46.2 Å². The molecule has 0 aromatic carbocycles. The van der Waals surface area contributed by atoms with E-state index in [4.69, 9.17) is 4.42 Å². The van der Waals surface area contributed by atoms with Gasteiger partial charge in [-0.2, -0.15) is 0 Å². The van der Waals surface area contributed by atoms with Crippen molar-refractivity contribution in [3.8, 4) is 0 Å². The Bertz CT molecular complexity index is 666. The van der Waals surface area contributed by atoms with Gasteiger partial charge in [-0.3, -0.25) is 4.98 Å². The Hall–Kier alpha value is -1.70. The molecule has 2 aromatic rings. The molecule has 7 heteroatoms. The average molecular weight is 309 g/mol. The second-order valence-corrected chi connectivity index (χ2v) is 6.63. The molecule has 0 aliphatic heterocycles. The van der Waals surface area contributed by atoms with Crippen molar-refractivity contribution in [3.63, 3.8) is 0 Å². The summed E-state index contributed by atoms with van der Waals surface area (Å²) in [6, 6.07) is 6.94. The molecule has 0 fully saturated rings. The highest BCUT2D eigenvalue weighted by atomic mass is 32.2. The van der Waals surface area contributed by atoms with Gasteiger partial charge in [0.05, 0.1) is 6.54 Å². The molecule has 0 saturated heterocycles. The third kappa shape index (κ3) is 4.66. The van der Waals surface area contributed by atoms with E-state index in [1.54, 1.807) is 30.6 Å². The average Bonchev–Trinajstić information content (AvgIpc) is 2.94. The number of furan rings is 1. The van der Waals surface area contributed by atoms with E-state index in [0.29, 0.717) is 18.3 Å². The summed E-state index contributed by atoms with van der Waals surface area (Å²) in [5.41, 5.74) is 0.835. The standard InChI is InChI=1S/C14H19N3O3S/c1-11(2)16-10-13-3-4-14(20-13)21(18,19)17-9-12-5-7-15-8-6-12/h3-8,11,16-17H,9-10H2,1-2H3. The van der Waals surface area contributed by atoms with E-state index in [1.165, 1.54) is 6.07 Å². The fourth-order valence-electron chi connectivity index (χ4n) is 1.65. The quantitative estimate of drug-likeness (QED) is 0.812. The molecule has 0 radical (unpaired) electrons. The first-order chi connectivity index (χ1) is 9.97. The highest BCUT2D eigenvalue weighted by molar-refractivity contribution is 7.89. The second kappa shape index (κ2) is 6.84. The maximum absolute atomic E-state index is 12.1. The number of pyridine rings is 1. The topological polar surface area (TPSA) is 84.2 Å². The lowest BCUT2D eigenvalue weighted by Crippen LogP contribution is -2.23. The molecule has 0 saturated carbocycles. The van der Waals surface area contributed by atoms with Gasteiger partial charge in [-0.25, -0.2) is 13.1 Å². The molecule has 114 valence electrons. The predicted molar refractivity (Wildman–Crippen MR) is 78.9 cm³/mol. The van der Waals surface area contributed by atoms with Crippen LogP contribution in [0.25, 0.3) is 0 Å². The molecule has 0 amide bonds. The van der Waals surface area contributed by atoms with E-state index in [0.717, 1.165) is 5.56 Å². The van der Waals surface area contributed by atoms with E-state index < -0.39 is 10.0 Å². The van der Waals surface area contributed by atoms with Crippen molar-refractivity contribution in [2.45, 2.75) is 38.1 Å². The van der Waals surface area contributed by atoms with Crippen LogP contribution >= 0.6 is 0 Å². The number of aromatic nitrogens is 1. The van der Waals surface area contributed by atoms with Gasteiger partial charge >= 0.3 is 0 Å². The number of sulfonamides is 1. The molecule has 6 nitrogen and oxygen atoms in total. The van der Waals surface area contributed by atoms with Crippen molar-refractivity contribution in [2.75, 3.05) is 0 Å². The smallest absolute Gasteiger partial charge is 0.274 e. The molecule has 0 bridgehead atoms. The van der Waals surface area contributed by atoms with Crippen LogP contribution in [0.1, 0.15) is 25.2 Å². The maximum atomic E-state index is 12.1. The largest absolute Gasteiger partial charge is 0.447 e. The molecular formula is C14H19N3O3S. The normalized spacial score (nSPS) is 12.0.